The van der Waals surface area contributed by atoms with E-state index in [1.54, 1.807) is 0 Å². The number of anilines is 1. The molecule has 18 heavy (non-hydrogen) atoms. The van der Waals surface area contributed by atoms with Gasteiger partial charge in [-0.1, -0.05) is 11.6 Å². The zero-order chi connectivity index (χ0) is 13.8. The largest absolute Gasteiger partial charge is 0.374 e. The van der Waals surface area contributed by atoms with Crippen molar-refractivity contribution >= 4 is 23.1 Å². The predicted octanol–water partition coefficient (Wildman–Crippen LogP) is 2.87. The Morgan fingerprint density at radius 2 is 2.22 bits per heavy atom. The van der Waals surface area contributed by atoms with Crippen molar-refractivity contribution in [2.75, 3.05) is 18.5 Å². The Bertz CT molecular complexity index is 438. The number of nitrogens with one attached hydrogen (secondary N) is 1. The number of aromatic nitrogens is 1. The molecule has 0 aliphatic carbocycles. The maximum absolute atomic E-state index is 10.8. The molecule has 0 bridgehead atoms. The van der Waals surface area contributed by atoms with E-state index in [0.29, 0.717) is 13.2 Å². The number of hydrogen-bond donors (Lipinski definition) is 1. The molecule has 1 aromatic rings. The van der Waals surface area contributed by atoms with Crippen molar-refractivity contribution in [1.29, 1.82) is 0 Å². The van der Waals surface area contributed by atoms with Gasteiger partial charge in [-0.25, -0.2) is 4.98 Å². The Balaban J connectivity index is 2.83. The van der Waals surface area contributed by atoms with Crippen molar-refractivity contribution in [2.45, 2.75) is 26.4 Å². The fraction of sp³-hybridized carbons (Fsp3) is 0.545. The van der Waals surface area contributed by atoms with Gasteiger partial charge in [-0.05, 0) is 26.8 Å². The number of hydrogen-bond acceptors (Lipinski definition) is 5. The molecule has 0 atom stereocenters. The Morgan fingerprint density at radius 1 is 1.56 bits per heavy atom. The molecule has 0 saturated carbocycles. The second-order valence-corrected chi connectivity index (χ2v) is 4.69. The van der Waals surface area contributed by atoms with Gasteiger partial charge in [0.15, 0.2) is 0 Å². The number of rotatable bonds is 6. The van der Waals surface area contributed by atoms with Gasteiger partial charge in [0, 0.05) is 19.2 Å². The van der Waals surface area contributed by atoms with E-state index in [4.69, 9.17) is 16.3 Å². The molecule has 0 aromatic carbocycles. The van der Waals surface area contributed by atoms with Gasteiger partial charge in [0.25, 0.3) is 0 Å². The first-order valence-corrected chi connectivity index (χ1v) is 5.92. The van der Waals surface area contributed by atoms with Crippen LogP contribution in [0, 0.1) is 10.1 Å². The fourth-order valence-corrected chi connectivity index (χ4v) is 1.59. The highest BCUT2D eigenvalue weighted by atomic mass is 35.5. The van der Waals surface area contributed by atoms with Crippen LogP contribution < -0.4 is 5.32 Å². The molecule has 0 aliphatic heterocycles. The maximum Gasteiger partial charge on any atom is 0.311 e. The van der Waals surface area contributed by atoms with Gasteiger partial charge < -0.3 is 10.1 Å². The summed E-state index contributed by atoms with van der Waals surface area (Å²) in [5.74, 6) is 0.153. The van der Waals surface area contributed by atoms with E-state index in [9.17, 15) is 10.1 Å². The third-order valence-electron chi connectivity index (χ3n) is 2.25. The lowest BCUT2D eigenvalue weighted by atomic mass is 10.1. The molecular formula is C11H16ClN3O3. The standard InChI is InChI=1S/C11H16ClN3O3/c1-4-18-11(2,3)7-13-10-8(15(16)17)5-6-9(12)14-10/h5-6H,4,7H2,1-3H3,(H,13,14). The summed E-state index contributed by atoms with van der Waals surface area (Å²) in [6, 6.07) is 2.71. The van der Waals surface area contributed by atoms with Crippen molar-refractivity contribution in [2.24, 2.45) is 0 Å². The molecule has 0 aliphatic rings. The monoisotopic (exact) mass is 273 g/mol. The van der Waals surface area contributed by atoms with E-state index in [1.165, 1.54) is 12.1 Å². The number of ether oxygens (including phenoxy) is 1. The molecule has 1 rings (SSSR count). The summed E-state index contributed by atoms with van der Waals surface area (Å²) in [5.41, 5.74) is -0.543. The van der Waals surface area contributed by atoms with Crippen LogP contribution in [0.15, 0.2) is 12.1 Å². The summed E-state index contributed by atoms with van der Waals surface area (Å²) in [5, 5.41) is 13.9. The molecule has 0 unspecified atom stereocenters. The summed E-state index contributed by atoms with van der Waals surface area (Å²) in [6.45, 7) is 6.64. The first-order chi connectivity index (χ1) is 8.35. The molecule has 0 spiro atoms. The maximum atomic E-state index is 10.8. The highest BCUT2D eigenvalue weighted by molar-refractivity contribution is 6.29. The van der Waals surface area contributed by atoms with E-state index in [2.05, 4.69) is 10.3 Å². The first kappa shape index (κ1) is 14.7. The average molecular weight is 274 g/mol. The predicted molar refractivity (Wildman–Crippen MR) is 70.1 cm³/mol. The smallest absolute Gasteiger partial charge is 0.311 e. The zero-order valence-corrected chi connectivity index (χ0v) is 11.3. The van der Waals surface area contributed by atoms with Crippen LogP contribution in [0.4, 0.5) is 11.5 Å². The number of nitro groups is 1. The quantitative estimate of drug-likeness (QED) is 0.490. The normalized spacial score (nSPS) is 11.3. The Labute approximate surface area is 110 Å². The molecule has 7 heteroatoms. The lowest BCUT2D eigenvalue weighted by Gasteiger charge is -2.25. The van der Waals surface area contributed by atoms with Crippen LogP contribution in [-0.4, -0.2) is 28.7 Å². The van der Waals surface area contributed by atoms with Gasteiger partial charge in [-0.15, -0.1) is 0 Å². The summed E-state index contributed by atoms with van der Waals surface area (Å²) in [6.07, 6.45) is 0. The van der Waals surface area contributed by atoms with Crippen LogP contribution in [0.2, 0.25) is 5.15 Å². The molecule has 0 fully saturated rings. The molecule has 1 N–H and O–H groups in total. The molecule has 6 nitrogen and oxygen atoms in total. The van der Waals surface area contributed by atoms with E-state index >= 15 is 0 Å². The van der Waals surface area contributed by atoms with Crippen molar-refractivity contribution in [3.63, 3.8) is 0 Å². The molecule has 0 amide bonds. The minimum Gasteiger partial charge on any atom is -0.374 e. The minimum absolute atomic E-state index is 0.105. The molecule has 0 saturated heterocycles. The van der Waals surface area contributed by atoms with Crippen LogP contribution in [0.5, 0.6) is 0 Å². The van der Waals surface area contributed by atoms with Crippen molar-refractivity contribution in [3.8, 4) is 0 Å². The van der Waals surface area contributed by atoms with Crippen molar-refractivity contribution in [1.82, 2.24) is 4.98 Å². The van der Waals surface area contributed by atoms with E-state index in [0.717, 1.165) is 0 Å². The topological polar surface area (TPSA) is 77.3 Å². The second kappa shape index (κ2) is 5.97. The van der Waals surface area contributed by atoms with Gasteiger partial charge in [-0.2, -0.15) is 0 Å². The number of halogens is 1. The zero-order valence-electron chi connectivity index (χ0n) is 10.6. The van der Waals surface area contributed by atoms with Crippen molar-refractivity contribution < 1.29 is 9.66 Å². The highest BCUT2D eigenvalue weighted by Crippen LogP contribution is 2.24. The van der Waals surface area contributed by atoms with Gasteiger partial charge >= 0.3 is 5.69 Å². The number of nitrogens with zero attached hydrogens (tertiary/aromatic N) is 2. The Kier molecular flexibility index (Phi) is 4.86. The van der Waals surface area contributed by atoms with Crippen LogP contribution in [0.25, 0.3) is 0 Å². The third-order valence-corrected chi connectivity index (χ3v) is 2.46. The Hall–Kier alpha value is -1.40. The Morgan fingerprint density at radius 3 is 2.78 bits per heavy atom. The molecular weight excluding hydrogens is 258 g/mol. The molecule has 1 heterocycles. The minimum atomic E-state index is -0.501. The van der Waals surface area contributed by atoms with Gasteiger partial charge in [0.05, 0.1) is 10.5 Å². The summed E-state index contributed by atoms with van der Waals surface area (Å²) in [4.78, 5) is 14.2. The lowest BCUT2D eigenvalue weighted by molar-refractivity contribution is -0.384. The first-order valence-electron chi connectivity index (χ1n) is 5.54. The van der Waals surface area contributed by atoms with E-state index < -0.39 is 10.5 Å². The SMILES string of the molecule is CCOC(C)(C)CNc1nc(Cl)ccc1[N+](=O)[O-]. The molecule has 100 valence electrons. The van der Waals surface area contributed by atoms with Crippen LogP contribution in [-0.2, 0) is 4.74 Å². The molecule has 0 radical (unpaired) electrons. The van der Waals surface area contributed by atoms with Crippen molar-refractivity contribution in [3.05, 3.63) is 27.4 Å². The lowest BCUT2D eigenvalue weighted by Crippen LogP contribution is -2.33. The summed E-state index contributed by atoms with van der Waals surface area (Å²) < 4.78 is 5.49. The molecule has 1 aromatic heterocycles. The average Bonchev–Trinajstić information content (AvgIpc) is 2.26. The van der Waals surface area contributed by atoms with Gasteiger partial charge in [-0.3, -0.25) is 10.1 Å². The van der Waals surface area contributed by atoms with Crippen LogP contribution in [0.1, 0.15) is 20.8 Å². The van der Waals surface area contributed by atoms with E-state index in [1.807, 2.05) is 20.8 Å². The van der Waals surface area contributed by atoms with Gasteiger partial charge in [0.1, 0.15) is 5.15 Å². The number of pyridine rings is 1. The fourth-order valence-electron chi connectivity index (χ4n) is 1.44. The second-order valence-electron chi connectivity index (χ2n) is 4.31. The van der Waals surface area contributed by atoms with Crippen LogP contribution in [0.3, 0.4) is 0 Å². The summed E-state index contributed by atoms with van der Waals surface area (Å²) in [7, 11) is 0. The van der Waals surface area contributed by atoms with Crippen LogP contribution >= 0.6 is 11.6 Å². The highest BCUT2D eigenvalue weighted by Gasteiger charge is 2.21. The van der Waals surface area contributed by atoms with Gasteiger partial charge in [0.2, 0.25) is 5.82 Å². The summed E-state index contributed by atoms with van der Waals surface area (Å²) >= 11 is 5.73. The third kappa shape index (κ3) is 4.12. The van der Waals surface area contributed by atoms with E-state index in [-0.39, 0.29) is 16.7 Å².